The first-order chi connectivity index (χ1) is 11.1. The summed E-state index contributed by atoms with van der Waals surface area (Å²) in [6.45, 7) is 2.91. The number of methoxy groups -OCH3 is 1. The van der Waals surface area contributed by atoms with Gasteiger partial charge >= 0.3 is 0 Å². The normalized spacial score (nSPS) is 29.0. The van der Waals surface area contributed by atoms with Crippen molar-refractivity contribution in [1.82, 2.24) is 5.32 Å². The van der Waals surface area contributed by atoms with E-state index in [0.29, 0.717) is 24.3 Å². The van der Waals surface area contributed by atoms with E-state index in [2.05, 4.69) is 24.4 Å². The predicted octanol–water partition coefficient (Wildman–Crippen LogP) is 3.10. The molecule has 3 rings (SSSR count). The van der Waals surface area contributed by atoms with Crippen molar-refractivity contribution in [2.24, 2.45) is 23.5 Å². The van der Waals surface area contributed by atoms with E-state index in [1.807, 2.05) is 12.1 Å². The maximum atomic E-state index is 12.4. The molecule has 24 heavy (non-hydrogen) atoms. The Hall–Kier alpha value is -1.26. The Bertz CT molecular complexity index is 547. The minimum Gasteiger partial charge on any atom is -0.497 e. The molecule has 2 bridgehead atoms. The van der Waals surface area contributed by atoms with Crippen LogP contribution in [0.1, 0.15) is 44.1 Å². The topological polar surface area (TPSA) is 64.3 Å². The lowest BCUT2D eigenvalue weighted by atomic mass is 9.84. The highest BCUT2D eigenvalue weighted by atomic mass is 35.5. The fourth-order valence-electron chi connectivity index (χ4n) is 4.35. The zero-order valence-corrected chi connectivity index (χ0v) is 15.4. The summed E-state index contributed by atoms with van der Waals surface area (Å²) in [5, 5.41) is 3.12. The Morgan fingerprint density at radius 2 is 1.96 bits per heavy atom. The van der Waals surface area contributed by atoms with Crippen molar-refractivity contribution in [3.05, 3.63) is 29.8 Å². The van der Waals surface area contributed by atoms with Gasteiger partial charge in [0, 0.05) is 12.6 Å². The number of ether oxygens (including phenoxy) is 1. The van der Waals surface area contributed by atoms with E-state index in [4.69, 9.17) is 10.5 Å². The maximum absolute atomic E-state index is 12.4. The van der Waals surface area contributed by atoms with Gasteiger partial charge < -0.3 is 15.8 Å². The minimum atomic E-state index is 0. The lowest BCUT2D eigenvalue weighted by molar-refractivity contribution is -0.127. The molecule has 1 amide bonds. The smallest absolute Gasteiger partial charge is 0.224 e. The van der Waals surface area contributed by atoms with Crippen LogP contribution in [0.5, 0.6) is 5.75 Å². The zero-order chi connectivity index (χ0) is 16.4. The summed E-state index contributed by atoms with van der Waals surface area (Å²) in [5.41, 5.74) is 7.52. The molecule has 0 saturated heterocycles. The molecule has 0 aliphatic heterocycles. The van der Waals surface area contributed by atoms with Crippen molar-refractivity contribution in [3.8, 4) is 5.75 Å². The van der Waals surface area contributed by atoms with Gasteiger partial charge in [0.15, 0.2) is 0 Å². The van der Waals surface area contributed by atoms with Crippen molar-refractivity contribution in [2.45, 2.75) is 44.6 Å². The monoisotopic (exact) mass is 352 g/mol. The quantitative estimate of drug-likeness (QED) is 0.826. The summed E-state index contributed by atoms with van der Waals surface area (Å²) in [4.78, 5) is 12.4. The number of carbonyl (C=O) groups excluding carboxylic acids is 1. The van der Waals surface area contributed by atoms with Crippen LogP contribution in [0.2, 0.25) is 0 Å². The third-order valence-corrected chi connectivity index (χ3v) is 5.84. The molecule has 5 heteroatoms. The molecule has 2 fully saturated rings. The first-order valence-electron chi connectivity index (χ1n) is 8.77. The van der Waals surface area contributed by atoms with Gasteiger partial charge in [-0.05, 0) is 61.1 Å². The molecule has 0 spiro atoms. The summed E-state index contributed by atoms with van der Waals surface area (Å²) < 4.78 is 5.18. The van der Waals surface area contributed by atoms with E-state index in [-0.39, 0.29) is 30.3 Å². The third kappa shape index (κ3) is 3.86. The molecule has 134 valence electrons. The molecule has 0 radical (unpaired) electrons. The van der Waals surface area contributed by atoms with E-state index in [1.165, 1.54) is 18.4 Å². The van der Waals surface area contributed by atoms with Crippen LogP contribution in [0.4, 0.5) is 0 Å². The van der Waals surface area contributed by atoms with Gasteiger partial charge in [-0.1, -0.05) is 19.1 Å². The molecule has 1 aromatic carbocycles. The predicted molar refractivity (Wildman–Crippen MR) is 98.6 cm³/mol. The van der Waals surface area contributed by atoms with Crippen LogP contribution in [-0.4, -0.2) is 25.6 Å². The van der Waals surface area contributed by atoms with Crippen LogP contribution < -0.4 is 15.8 Å². The van der Waals surface area contributed by atoms with Crippen LogP contribution in [-0.2, 0) is 4.79 Å². The van der Waals surface area contributed by atoms with Crippen molar-refractivity contribution in [1.29, 1.82) is 0 Å². The molecule has 2 aliphatic rings. The fraction of sp³-hybridized carbons (Fsp3) is 0.632. The molecular formula is C19H29ClN2O2. The Labute approximate surface area is 150 Å². The maximum Gasteiger partial charge on any atom is 0.224 e. The highest BCUT2D eigenvalue weighted by Crippen LogP contribution is 2.47. The largest absolute Gasteiger partial charge is 0.497 e. The van der Waals surface area contributed by atoms with Crippen molar-refractivity contribution in [3.63, 3.8) is 0 Å². The molecule has 2 aliphatic carbocycles. The first-order valence-corrected chi connectivity index (χ1v) is 8.77. The SMILES string of the molecule is COc1ccc(C(C)CCNC(=O)C2C3CCC(C3)C2N)cc1.Cl. The van der Waals surface area contributed by atoms with Gasteiger partial charge in [0.1, 0.15) is 5.75 Å². The number of hydrogen-bond donors (Lipinski definition) is 2. The lowest BCUT2D eigenvalue weighted by Crippen LogP contribution is -2.45. The van der Waals surface area contributed by atoms with Gasteiger partial charge in [0.2, 0.25) is 5.91 Å². The van der Waals surface area contributed by atoms with E-state index < -0.39 is 0 Å². The van der Waals surface area contributed by atoms with Crippen molar-refractivity contribution >= 4 is 18.3 Å². The summed E-state index contributed by atoms with van der Waals surface area (Å²) in [6, 6.07) is 8.24. The van der Waals surface area contributed by atoms with Gasteiger partial charge in [-0.25, -0.2) is 0 Å². The molecule has 1 aromatic rings. The van der Waals surface area contributed by atoms with E-state index >= 15 is 0 Å². The van der Waals surface area contributed by atoms with Gasteiger partial charge in [-0.2, -0.15) is 0 Å². The standard InChI is InChI=1S/C19H28N2O2.ClH/c1-12(13-5-7-16(23-2)8-6-13)9-10-21-19(22)17-14-3-4-15(11-14)18(17)20;/h5-8,12,14-15,17-18H,3-4,9-11,20H2,1-2H3,(H,21,22);1H. The molecule has 2 saturated carbocycles. The average Bonchev–Trinajstić information content (AvgIpc) is 3.15. The molecule has 5 unspecified atom stereocenters. The Morgan fingerprint density at radius 1 is 1.29 bits per heavy atom. The zero-order valence-electron chi connectivity index (χ0n) is 14.5. The highest BCUT2D eigenvalue weighted by molar-refractivity contribution is 5.85. The fourth-order valence-corrected chi connectivity index (χ4v) is 4.35. The second-order valence-corrected chi connectivity index (χ2v) is 7.19. The molecule has 4 nitrogen and oxygen atoms in total. The summed E-state index contributed by atoms with van der Waals surface area (Å²) in [7, 11) is 1.67. The summed E-state index contributed by atoms with van der Waals surface area (Å²) in [6.07, 6.45) is 4.48. The first kappa shape index (κ1) is 19.1. The van der Waals surface area contributed by atoms with E-state index in [0.717, 1.165) is 18.6 Å². The number of fused-ring (bicyclic) bond motifs is 2. The van der Waals surface area contributed by atoms with Gasteiger partial charge in [0.05, 0.1) is 13.0 Å². The van der Waals surface area contributed by atoms with Crippen LogP contribution in [0, 0.1) is 17.8 Å². The van der Waals surface area contributed by atoms with Crippen LogP contribution >= 0.6 is 12.4 Å². The van der Waals surface area contributed by atoms with Gasteiger partial charge in [-0.15, -0.1) is 12.4 Å². The number of nitrogens with one attached hydrogen (secondary N) is 1. The summed E-state index contributed by atoms with van der Waals surface area (Å²) >= 11 is 0. The lowest BCUT2D eigenvalue weighted by Gasteiger charge is -2.27. The third-order valence-electron chi connectivity index (χ3n) is 5.84. The molecule has 0 aromatic heterocycles. The number of halogens is 1. The number of nitrogens with two attached hydrogens (primary N) is 1. The number of hydrogen-bond acceptors (Lipinski definition) is 3. The molecule has 0 heterocycles. The van der Waals surface area contributed by atoms with E-state index in [9.17, 15) is 4.79 Å². The Morgan fingerprint density at radius 3 is 2.54 bits per heavy atom. The molecule has 5 atom stereocenters. The van der Waals surface area contributed by atoms with Crippen LogP contribution in [0.15, 0.2) is 24.3 Å². The van der Waals surface area contributed by atoms with Crippen LogP contribution in [0.3, 0.4) is 0 Å². The highest BCUT2D eigenvalue weighted by Gasteiger charge is 2.48. The second-order valence-electron chi connectivity index (χ2n) is 7.19. The average molecular weight is 353 g/mol. The van der Waals surface area contributed by atoms with Crippen molar-refractivity contribution in [2.75, 3.05) is 13.7 Å². The Balaban J connectivity index is 0.00000208. The van der Waals surface area contributed by atoms with Gasteiger partial charge in [0.25, 0.3) is 0 Å². The van der Waals surface area contributed by atoms with Gasteiger partial charge in [-0.3, -0.25) is 4.79 Å². The van der Waals surface area contributed by atoms with Crippen molar-refractivity contribution < 1.29 is 9.53 Å². The molecule has 3 N–H and O–H groups in total. The number of rotatable bonds is 6. The minimum absolute atomic E-state index is 0. The number of carbonyl (C=O) groups is 1. The Kier molecular flexibility index (Phi) is 6.53. The number of benzene rings is 1. The number of amides is 1. The van der Waals surface area contributed by atoms with Crippen LogP contribution in [0.25, 0.3) is 0 Å². The summed E-state index contributed by atoms with van der Waals surface area (Å²) in [5.74, 6) is 2.61. The second kappa shape index (κ2) is 8.21. The molecular weight excluding hydrogens is 324 g/mol. The van der Waals surface area contributed by atoms with E-state index in [1.54, 1.807) is 7.11 Å².